The first kappa shape index (κ1) is 15.9. The molecular weight excluding hydrogens is 285 g/mol. The number of piperazine rings is 1. The molecule has 0 aliphatic carbocycles. The van der Waals surface area contributed by atoms with E-state index in [9.17, 15) is 13.2 Å². The highest BCUT2D eigenvalue weighted by atomic mass is 19.4. The molecule has 2 rings (SSSR count). The summed E-state index contributed by atoms with van der Waals surface area (Å²) in [6.45, 7) is 3.15. The zero-order valence-corrected chi connectivity index (χ0v) is 12.1. The highest BCUT2D eigenvalue weighted by Crippen LogP contribution is 2.41. The van der Waals surface area contributed by atoms with Crippen LogP contribution < -0.4 is 14.8 Å². The summed E-state index contributed by atoms with van der Waals surface area (Å²) in [6.07, 6.45) is -4.41. The van der Waals surface area contributed by atoms with Crippen LogP contribution in [-0.4, -0.2) is 45.3 Å². The van der Waals surface area contributed by atoms with Gasteiger partial charge in [0, 0.05) is 38.3 Å². The third kappa shape index (κ3) is 3.59. The molecule has 0 atom stereocenters. The molecule has 0 amide bonds. The van der Waals surface area contributed by atoms with E-state index in [2.05, 4.69) is 5.32 Å². The van der Waals surface area contributed by atoms with E-state index in [-0.39, 0.29) is 17.9 Å². The lowest BCUT2D eigenvalue weighted by Crippen LogP contribution is -2.43. The number of ether oxygens (including phenoxy) is 2. The average molecular weight is 304 g/mol. The molecule has 0 aromatic heterocycles. The second-order valence-electron chi connectivity index (χ2n) is 4.85. The topological polar surface area (TPSA) is 33.7 Å². The van der Waals surface area contributed by atoms with Gasteiger partial charge in [-0.25, -0.2) is 0 Å². The Balaban J connectivity index is 2.42. The third-order valence-corrected chi connectivity index (χ3v) is 3.55. The summed E-state index contributed by atoms with van der Waals surface area (Å²) in [4.78, 5) is 1.98. The molecular formula is C14H19F3N2O2. The summed E-state index contributed by atoms with van der Waals surface area (Å²) >= 11 is 0. The summed E-state index contributed by atoms with van der Waals surface area (Å²) in [5, 5.41) is 3.18. The minimum atomic E-state index is -4.41. The van der Waals surface area contributed by atoms with Gasteiger partial charge in [-0.1, -0.05) is 0 Å². The van der Waals surface area contributed by atoms with E-state index in [4.69, 9.17) is 9.47 Å². The van der Waals surface area contributed by atoms with Crippen molar-refractivity contribution in [1.82, 2.24) is 10.2 Å². The van der Waals surface area contributed by atoms with Crippen LogP contribution in [0.2, 0.25) is 0 Å². The summed E-state index contributed by atoms with van der Waals surface area (Å²) in [6, 6.07) is 2.35. The van der Waals surface area contributed by atoms with Crippen molar-refractivity contribution < 1.29 is 22.6 Å². The van der Waals surface area contributed by atoms with Crippen molar-refractivity contribution in [1.29, 1.82) is 0 Å². The van der Waals surface area contributed by atoms with E-state index >= 15 is 0 Å². The number of hydrogen-bond donors (Lipinski definition) is 1. The van der Waals surface area contributed by atoms with Gasteiger partial charge in [0.15, 0.2) is 11.5 Å². The quantitative estimate of drug-likeness (QED) is 0.924. The van der Waals surface area contributed by atoms with Gasteiger partial charge in [0.25, 0.3) is 0 Å². The molecule has 0 bridgehead atoms. The number of rotatable bonds is 4. The molecule has 1 aromatic carbocycles. The van der Waals surface area contributed by atoms with Gasteiger partial charge in [0.1, 0.15) is 0 Å². The van der Waals surface area contributed by atoms with Gasteiger partial charge < -0.3 is 14.8 Å². The number of benzene rings is 1. The van der Waals surface area contributed by atoms with Crippen molar-refractivity contribution in [3.05, 3.63) is 23.3 Å². The van der Waals surface area contributed by atoms with E-state index in [1.165, 1.54) is 20.3 Å². The van der Waals surface area contributed by atoms with E-state index < -0.39 is 11.7 Å². The Morgan fingerprint density at radius 1 is 1.14 bits per heavy atom. The monoisotopic (exact) mass is 304 g/mol. The molecule has 1 N–H and O–H groups in total. The lowest BCUT2D eigenvalue weighted by molar-refractivity contribution is -0.138. The Kier molecular flexibility index (Phi) is 4.95. The number of alkyl halides is 3. The molecule has 7 heteroatoms. The van der Waals surface area contributed by atoms with Gasteiger partial charge in [-0.2, -0.15) is 13.2 Å². The smallest absolute Gasteiger partial charge is 0.416 e. The maximum Gasteiger partial charge on any atom is 0.416 e. The molecule has 1 aliphatic heterocycles. The first-order chi connectivity index (χ1) is 9.97. The standard InChI is InChI=1S/C14H19F3N2O2/c1-20-12-4-3-11(14(15,16)17)10(13(12)21-2)9-19-7-5-18-6-8-19/h3-4,18H,5-9H2,1-2H3. The first-order valence-corrected chi connectivity index (χ1v) is 6.71. The third-order valence-electron chi connectivity index (χ3n) is 3.55. The lowest BCUT2D eigenvalue weighted by Gasteiger charge is -2.29. The van der Waals surface area contributed by atoms with Crippen molar-refractivity contribution in [3.8, 4) is 11.5 Å². The van der Waals surface area contributed by atoms with Gasteiger partial charge in [-0.15, -0.1) is 0 Å². The highest BCUT2D eigenvalue weighted by Gasteiger charge is 2.36. The fourth-order valence-electron chi connectivity index (χ4n) is 2.51. The van der Waals surface area contributed by atoms with Gasteiger partial charge in [-0.05, 0) is 12.1 Å². The van der Waals surface area contributed by atoms with Crippen molar-refractivity contribution in [3.63, 3.8) is 0 Å². The Morgan fingerprint density at radius 3 is 2.33 bits per heavy atom. The molecule has 1 aromatic rings. The van der Waals surface area contributed by atoms with Crippen LogP contribution in [0, 0.1) is 0 Å². The Labute approximate surface area is 121 Å². The maximum atomic E-state index is 13.2. The summed E-state index contributed by atoms with van der Waals surface area (Å²) in [5.74, 6) is 0.474. The van der Waals surface area contributed by atoms with Crippen LogP contribution in [0.4, 0.5) is 13.2 Å². The van der Waals surface area contributed by atoms with Gasteiger partial charge in [0.05, 0.1) is 19.8 Å². The van der Waals surface area contributed by atoms with E-state index in [0.29, 0.717) is 18.8 Å². The van der Waals surface area contributed by atoms with Crippen molar-refractivity contribution in [2.75, 3.05) is 40.4 Å². The number of methoxy groups -OCH3 is 2. The molecule has 118 valence electrons. The van der Waals surface area contributed by atoms with Gasteiger partial charge in [0.2, 0.25) is 0 Å². The van der Waals surface area contributed by atoms with Crippen LogP contribution in [0.25, 0.3) is 0 Å². The zero-order chi connectivity index (χ0) is 15.5. The number of halogens is 3. The van der Waals surface area contributed by atoms with Crippen LogP contribution >= 0.6 is 0 Å². The van der Waals surface area contributed by atoms with Crippen LogP contribution in [0.15, 0.2) is 12.1 Å². The van der Waals surface area contributed by atoms with Crippen molar-refractivity contribution >= 4 is 0 Å². The van der Waals surface area contributed by atoms with Crippen LogP contribution in [0.5, 0.6) is 11.5 Å². The van der Waals surface area contributed by atoms with Crippen LogP contribution in [-0.2, 0) is 12.7 Å². The van der Waals surface area contributed by atoms with E-state index in [1.807, 2.05) is 4.90 Å². The first-order valence-electron chi connectivity index (χ1n) is 6.71. The molecule has 1 fully saturated rings. The normalized spacial score (nSPS) is 16.8. The molecule has 4 nitrogen and oxygen atoms in total. The minimum absolute atomic E-state index is 0.131. The molecule has 0 radical (unpaired) electrons. The predicted octanol–water partition coefficient (Wildman–Crippen LogP) is 2.13. The van der Waals surface area contributed by atoms with Gasteiger partial charge in [-0.3, -0.25) is 4.90 Å². The van der Waals surface area contributed by atoms with E-state index in [0.717, 1.165) is 19.2 Å². The van der Waals surface area contributed by atoms with Crippen molar-refractivity contribution in [2.45, 2.75) is 12.7 Å². The minimum Gasteiger partial charge on any atom is -0.493 e. The molecule has 1 saturated heterocycles. The lowest BCUT2D eigenvalue weighted by atomic mass is 10.0. The maximum absolute atomic E-state index is 13.2. The molecule has 21 heavy (non-hydrogen) atoms. The SMILES string of the molecule is COc1ccc(C(F)(F)F)c(CN2CCNCC2)c1OC. The Hall–Kier alpha value is -1.47. The van der Waals surface area contributed by atoms with Crippen molar-refractivity contribution in [2.24, 2.45) is 0 Å². The highest BCUT2D eigenvalue weighted by molar-refractivity contribution is 5.51. The summed E-state index contributed by atoms with van der Waals surface area (Å²) < 4.78 is 50.0. The molecule has 1 heterocycles. The predicted molar refractivity (Wildman–Crippen MR) is 72.7 cm³/mol. The van der Waals surface area contributed by atoms with E-state index in [1.54, 1.807) is 0 Å². The largest absolute Gasteiger partial charge is 0.493 e. The second-order valence-corrected chi connectivity index (χ2v) is 4.85. The van der Waals surface area contributed by atoms with Gasteiger partial charge >= 0.3 is 6.18 Å². The summed E-state index contributed by atoms with van der Waals surface area (Å²) in [5.41, 5.74) is -0.537. The Morgan fingerprint density at radius 2 is 1.81 bits per heavy atom. The molecule has 0 unspecified atom stereocenters. The second kappa shape index (κ2) is 6.53. The average Bonchev–Trinajstić information content (AvgIpc) is 2.46. The number of hydrogen-bond acceptors (Lipinski definition) is 4. The summed E-state index contributed by atoms with van der Waals surface area (Å²) in [7, 11) is 2.78. The van der Waals surface area contributed by atoms with Crippen LogP contribution in [0.3, 0.4) is 0 Å². The zero-order valence-electron chi connectivity index (χ0n) is 12.1. The number of nitrogens with zero attached hydrogens (tertiary/aromatic N) is 1. The number of nitrogens with one attached hydrogen (secondary N) is 1. The Bertz CT molecular complexity index is 486. The fraction of sp³-hybridized carbons (Fsp3) is 0.571. The fourth-order valence-corrected chi connectivity index (χ4v) is 2.51. The van der Waals surface area contributed by atoms with Crippen LogP contribution in [0.1, 0.15) is 11.1 Å². The molecule has 0 saturated carbocycles. The molecule has 1 aliphatic rings. The molecule has 0 spiro atoms.